The number of unbranched alkanes of at least 4 members (excludes halogenated alkanes) is 1. The molecular formula is C12H19N3O4S. The highest BCUT2D eigenvalue weighted by molar-refractivity contribution is 7.89. The van der Waals surface area contributed by atoms with Crippen LogP contribution in [0.15, 0.2) is 29.2 Å². The largest absolute Gasteiger partial charge is 0.480 e. The number of hydrogen-bond donors (Lipinski definition) is 4. The van der Waals surface area contributed by atoms with E-state index in [9.17, 15) is 13.2 Å². The summed E-state index contributed by atoms with van der Waals surface area (Å²) in [4.78, 5) is 10.6. The Morgan fingerprint density at radius 3 is 2.40 bits per heavy atom. The lowest BCUT2D eigenvalue weighted by Gasteiger charge is -2.08. The van der Waals surface area contributed by atoms with Crippen LogP contribution in [0.2, 0.25) is 0 Å². The Morgan fingerprint density at radius 2 is 1.85 bits per heavy atom. The van der Waals surface area contributed by atoms with Gasteiger partial charge in [0.1, 0.15) is 6.04 Å². The SMILES string of the molecule is Nc1ccc(S(=O)(=O)NCCCC[C@@H](N)C(=O)O)cc1. The quantitative estimate of drug-likeness (QED) is 0.398. The summed E-state index contributed by atoms with van der Waals surface area (Å²) in [6, 6.07) is 4.99. The molecule has 1 aromatic carbocycles. The first kappa shape index (κ1) is 16.4. The van der Waals surface area contributed by atoms with Crippen LogP contribution in [0.25, 0.3) is 0 Å². The highest BCUT2D eigenvalue weighted by Crippen LogP contribution is 2.11. The Bertz CT molecular complexity index is 542. The summed E-state index contributed by atoms with van der Waals surface area (Å²) in [5.74, 6) is -1.05. The number of carbonyl (C=O) groups is 1. The molecule has 0 amide bonds. The predicted octanol–water partition coefficient (Wildman–Crippen LogP) is 0.129. The van der Waals surface area contributed by atoms with Crippen molar-refractivity contribution in [3.05, 3.63) is 24.3 Å². The maximum absolute atomic E-state index is 11.9. The zero-order chi connectivity index (χ0) is 15.2. The molecule has 7 nitrogen and oxygen atoms in total. The number of nitrogens with two attached hydrogens (primary N) is 2. The van der Waals surface area contributed by atoms with Crippen molar-refractivity contribution < 1.29 is 18.3 Å². The van der Waals surface area contributed by atoms with E-state index < -0.39 is 22.0 Å². The standard InChI is InChI=1S/C12H19N3O4S/c13-9-4-6-10(7-5-9)20(18,19)15-8-2-1-3-11(14)12(16)17/h4-7,11,15H,1-3,8,13-14H2,(H,16,17)/t11-/m1/s1. The second-order valence-corrected chi connectivity index (χ2v) is 6.17. The Balaban J connectivity index is 2.37. The molecule has 20 heavy (non-hydrogen) atoms. The molecule has 0 aliphatic carbocycles. The molecule has 0 aromatic heterocycles. The first-order chi connectivity index (χ1) is 9.33. The third kappa shape index (κ3) is 5.16. The number of nitrogen functional groups attached to an aromatic ring is 1. The van der Waals surface area contributed by atoms with Crippen LogP contribution in [0, 0.1) is 0 Å². The molecule has 0 aliphatic heterocycles. The zero-order valence-corrected chi connectivity index (χ0v) is 11.8. The second-order valence-electron chi connectivity index (χ2n) is 4.41. The third-order valence-corrected chi connectivity index (χ3v) is 4.22. The van der Waals surface area contributed by atoms with Crippen molar-refractivity contribution in [2.75, 3.05) is 12.3 Å². The van der Waals surface area contributed by atoms with Crippen molar-refractivity contribution in [2.45, 2.75) is 30.2 Å². The van der Waals surface area contributed by atoms with Gasteiger partial charge in [-0.3, -0.25) is 4.79 Å². The average molecular weight is 301 g/mol. The molecule has 0 bridgehead atoms. The molecule has 6 N–H and O–H groups in total. The summed E-state index contributed by atoms with van der Waals surface area (Å²) in [6.45, 7) is 0.235. The van der Waals surface area contributed by atoms with E-state index in [0.717, 1.165) is 0 Å². The fourth-order valence-corrected chi connectivity index (χ4v) is 2.62. The van der Waals surface area contributed by atoms with Crippen LogP contribution in [0.1, 0.15) is 19.3 Å². The molecule has 0 saturated heterocycles. The fraction of sp³-hybridized carbons (Fsp3) is 0.417. The molecule has 1 atom stereocenters. The summed E-state index contributed by atoms with van der Waals surface area (Å²) in [5, 5.41) is 8.59. The molecule has 0 radical (unpaired) electrons. The van der Waals surface area contributed by atoms with E-state index in [4.69, 9.17) is 16.6 Å². The maximum atomic E-state index is 11.9. The van der Waals surface area contributed by atoms with Gasteiger partial charge in [0.25, 0.3) is 0 Å². The summed E-state index contributed by atoms with van der Waals surface area (Å²) < 4.78 is 26.2. The minimum absolute atomic E-state index is 0.147. The van der Waals surface area contributed by atoms with Crippen LogP contribution >= 0.6 is 0 Å². The van der Waals surface area contributed by atoms with Crippen LogP contribution in [0.3, 0.4) is 0 Å². The van der Waals surface area contributed by atoms with Crippen LogP contribution in [0.4, 0.5) is 5.69 Å². The van der Waals surface area contributed by atoms with E-state index in [2.05, 4.69) is 4.72 Å². The molecule has 0 spiro atoms. The van der Waals surface area contributed by atoms with Crippen molar-refractivity contribution >= 4 is 21.7 Å². The van der Waals surface area contributed by atoms with E-state index in [0.29, 0.717) is 24.9 Å². The van der Waals surface area contributed by atoms with Crippen molar-refractivity contribution in [1.82, 2.24) is 4.72 Å². The van der Waals surface area contributed by atoms with E-state index in [1.54, 1.807) is 0 Å². The van der Waals surface area contributed by atoms with Crippen LogP contribution in [0.5, 0.6) is 0 Å². The summed E-state index contributed by atoms with van der Waals surface area (Å²) in [7, 11) is -3.55. The van der Waals surface area contributed by atoms with Gasteiger partial charge < -0.3 is 16.6 Å². The molecule has 0 unspecified atom stereocenters. The van der Waals surface area contributed by atoms with Gasteiger partial charge in [0.15, 0.2) is 0 Å². The van der Waals surface area contributed by atoms with Gasteiger partial charge >= 0.3 is 5.97 Å². The number of carboxylic acid groups (broad SMARTS) is 1. The Kier molecular flexibility index (Phi) is 5.93. The molecular weight excluding hydrogens is 282 g/mol. The van der Waals surface area contributed by atoms with E-state index >= 15 is 0 Å². The number of benzene rings is 1. The van der Waals surface area contributed by atoms with Crippen LogP contribution < -0.4 is 16.2 Å². The highest BCUT2D eigenvalue weighted by Gasteiger charge is 2.13. The van der Waals surface area contributed by atoms with Gasteiger partial charge in [-0.25, -0.2) is 13.1 Å². The first-order valence-corrected chi connectivity index (χ1v) is 7.65. The third-order valence-electron chi connectivity index (χ3n) is 2.74. The average Bonchev–Trinajstić information content (AvgIpc) is 2.38. The van der Waals surface area contributed by atoms with Crippen LogP contribution in [-0.2, 0) is 14.8 Å². The van der Waals surface area contributed by atoms with Gasteiger partial charge in [-0.05, 0) is 37.1 Å². The van der Waals surface area contributed by atoms with E-state index in [-0.39, 0.29) is 11.4 Å². The fourth-order valence-electron chi connectivity index (χ4n) is 1.55. The maximum Gasteiger partial charge on any atom is 0.320 e. The molecule has 1 rings (SSSR count). The number of aliphatic carboxylic acids is 1. The summed E-state index contributed by atoms with van der Waals surface area (Å²) in [5.41, 5.74) is 11.3. The van der Waals surface area contributed by atoms with Crippen molar-refractivity contribution in [3.63, 3.8) is 0 Å². The van der Waals surface area contributed by atoms with Gasteiger partial charge in [-0.2, -0.15) is 0 Å². The monoisotopic (exact) mass is 301 g/mol. The highest BCUT2D eigenvalue weighted by atomic mass is 32.2. The van der Waals surface area contributed by atoms with Gasteiger partial charge in [0.2, 0.25) is 10.0 Å². The molecule has 0 saturated carbocycles. The van der Waals surface area contributed by atoms with Gasteiger partial charge in [-0.1, -0.05) is 6.42 Å². The van der Waals surface area contributed by atoms with E-state index in [1.165, 1.54) is 24.3 Å². The number of sulfonamides is 1. The smallest absolute Gasteiger partial charge is 0.320 e. The normalized spacial score (nSPS) is 13.1. The summed E-state index contributed by atoms with van der Waals surface area (Å²) >= 11 is 0. The van der Waals surface area contributed by atoms with Gasteiger partial charge in [0, 0.05) is 12.2 Å². The number of anilines is 1. The lowest BCUT2D eigenvalue weighted by atomic mass is 10.1. The Morgan fingerprint density at radius 1 is 1.25 bits per heavy atom. The van der Waals surface area contributed by atoms with Crippen molar-refractivity contribution in [2.24, 2.45) is 5.73 Å². The zero-order valence-electron chi connectivity index (χ0n) is 11.0. The summed E-state index contributed by atoms with van der Waals surface area (Å²) in [6.07, 6.45) is 1.38. The van der Waals surface area contributed by atoms with Gasteiger partial charge in [0.05, 0.1) is 4.90 Å². The molecule has 0 aliphatic rings. The molecule has 8 heteroatoms. The minimum Gasteiger partial charge on any atom is -0.480 e. The number of nitrogens with one attached hydrogen (secondary N) is 1. The Labute approximate surface area is 118 Å². The van der Waals surface area contributed by atoms with Crippen LogP contribution in [-0.4, -0.2) is 32.1 Å². The Hall–Kier alpha value is -1.64. The first-order valence-electron chi connectivity index (χ1n) is 6.16. The topological polar surface area (TPSA) is 136 Å². The van der Waals surface area contributed by atoms with Crippen molar-refractivity contribution in [3.8, 4) is 0 Å². The molecule has 112 valence electrons. The molecule has 0 heterocycles. The van der Waals surface area contributed by atoms with Crippen molar-refractivity contribution in [1.29, 1.82) is 0 Å². The number of rotatable bonds is 8. The van der Waals surface area contributed by atoms with Gasteiger partial charge in [-0.15, -0.1) is 0 Å². The lowest BCUT2D eigenvalue weighted by Crippen LogP contribution is -2.30. The predicted molar refractivity (Wildman–Crippen MR) is 75.5 cm³/mol. The lowest BCUT2D eigenvalue weighted by molar-refractivity contribution is -0.138. The number of hydrogen-bond acceptors (Lipinski definition) is 5. The number of carboxylic acids is 1. The molecule has 0 fully saturated rings. The molecule has 1 aromatic rings. The minimum atomic E-state index is -3.55. The van der Waals surface area contributed by atoms with E-state index in [1.807, 2.05) is 0 Å². The second kappa shape index (κ2) is 7.22.